The zero-order valence-electron chi connectivity index (χ0n) is 15.4. The normalized spacial score (nSPS) is 12.4. The Labute approximate surface area is 163 Å². The third-order valence-corrected chi connectivity index (χ3v) is 7.29. The van der Waals surface area contributed by atoms with Crippen molar-refractivity contribution in [2.45, 2.75) is 36.8 Å². The van der Waals surface area contributed by atoms with Crippen LogP contribution >= 0.6 is 11.3 Å². The van der Waals surface area contributed by atoms with E-state index < -0.39 is 26.9 Å². The lowest BCUT2D eigenvalue weighted by atomic mass is 10.2. The summed E-state index contributed by atoms with van der Waals surface area (Å²) in [4.78, 5) is 24.6. The fraction of sp³-hybridized carbons (Fsp3) is 0.368. The van der Waals surface area contributed by atoms with Crippen molar-refractivity contribution in [3.8, 4) is 0 Å². The van der Waals surface area contributed by atoms with Crippen molar-refractivity contribution in [1.82, 2.24) is 10.6 Å². The van der Waals surface area contributed by atoms with Crippen LogP contribution in [0.5, 0.6) is 0 Å². The number of thiophene rings is 1. The number of hydrogen-bond acceptors (Lipinski definition) is 5. The number of aryl methyl sites for hydroxylation is 1. The molecule has 1 aromatic heterocycles. The van der Waals surface area contributed by atoms with Gasteiger partial charge in [-0.1, -0.05) is 37.1 Å². The molecule has 2 N–H and O–H groups in total. The minimum absolute atomic E-state index is 0.170. The van der Waals surface area contributed by atoms with E-state index >= 15 is 0 Å². The lowest BCUT2D eigenvalue weighted by Crippen LogP contribution is -2.42. The van der Waals surface area contributed by atoms with E-state index in [1.54, 1.807) is 41.8 Å². The van der Waals surface area contributed by atoms with Crippen molar-refractivity contribution in [1.29, 1.82) is 0 Å². The molecule has 1 atom stereocenters. The molecule has 2 aromatic rings. The van der Waals surface area contributed by atoms with E-state index in [4.69, 9.17) is 0 Å². The molecule has 8 heteroatoms. The number of nitrogens with one attached hydrogen (secondary N) is 2. The average Bonchev–Trinajstić information content (AvgIpc) is 3.16. The fourth-order valence-electron chi connectivity index (χ4n) is 2.45. The van der Waals surface area contributed by atoms with Gasteiger partial charge in [0, 0.05) is 18.0 Å². The molecule has 0 aliphatic carbocycles. The summed E-state index contributed by atoms with van der Waals surface area (Å²) in [6.07, 6.45) is 1.68. The van der Waals surface area contributed by atoms with E-state index in [-0.39, 0.29) is 11.4 Å². The summed E-state index contributed by atoms with van der Waals surface area (Å²) in [6, 6.07) is 10.1. The molecule has 1 aromatic carbocycles. The van der Waals surface area contributed by atoms with Gasteiger partial charge in [0.05, 0.1) is 4.90 Å². The molecule has 146 valence electrons. The predicted octanol–water partition coefficient (Wildman–Crippen LogP) is 2.60. The summed E-state index contributed by atoms with van der Waals surface area (Å²) in [5.41, 5.74) is 0.957. The molecular formula is C19H24N2O4S2. The zero-order valence-corrected chi connectivity index (χ0v) is 17.0. The summed E-state index contributed by atoms with van der Waals surface area (Å²) >= 11 is 1.30. The molecule has 6 nitrogen and oxygen atoms in total. The maximum absolute atomic E-state index is 13.1. The van der Waals surface area contributed by atoms with E-state index in [1.807, 2.05) is 13.8 Å². The third-order valence-electron chi connectivity index (χ3n) is 4.05. The maximum atomic E-state index is 13.1. The second-order valence-corrected chi connectivity index (χ2v) is 9.29. The van der Waals surface area contributed by atoms with Gasteiger partial charge in [0.15, 0.2) is 9.84 Å². The minimum atomic E-state index is -3.72. The highest BCUT2D eigenvalue weighted by atomic mass is 32.2. The number of carbonyl (C=O) groups is 2. The molecule has 27 heavy (non-hydrogen) atoms. The van der Waals surface area contributed by atoms with Crippen LogP contribution < -0.4 is 10.6 Å². The van der Waals surface area contributed by atoms with Crippen LogP contribution in [-0.4, -0.2) is 33.3 Å². The fourth-order valence-corrected chi connectivity index (χ4v) is 5.24. The Kier molecular flexibility index (Phi) is 7.55. The first-order chi connectivity index (χ1) is 12.9. The molecule has 0 fully saturated rings. The number of unbranched alkanes of at least 4 members (excludes halogenated alkanes) is 1. The van der Waals surface area contributed by atoms with Crippen LogP contribution in [0.25, 0.3) is 0 Å². The highest BCUT2D eigenvalue weighted by Gasteiger charge is 2.31. The quantitative estimate of drug-likeness (QED) is 0.519. The Morgan fingerprint density at radius 1 is 1.07 bits per heavy atom. The highest BCUT2D eigenvalue weighted by molar-refractivity contribution is 7.91. The lowest BCUT2D eigenvalue weighted by Gasteiger charge is -2.17. The number of sulfone groups is 1. The first kappa shape index (κ1) is 21.1. The molecule has 0 spiro atoms. The summed E-state index contributed by atoms with van der Waals surface area (Å²) < 4.78 is 26.2. The number of rotatable bonds is 8. The topological polar surface area (TPSA) is 92.3 Å². The van der Waals surface area contributed by atoms with Gasteiger partial charge in [0.1, 0.15) is 5.25 Å². The summed E-state index contributed by atoms with van der Waals surface area (Å²) in [5, 5.41) is 5.81. The molecule has 0 saturated heterocycles. The SMILES string of the molecule is CCCCNC(=O)C(=O)NC[C@H](c1cccs1)S(=O)(=O)c1ccc(C)cc1. The van der Waals surface area contributed by atoms with E-state index in [0.29, 0.717) is 11.4 Å². The van der Waals surface area contributed by atoms with Crippen molar-refractivity contribution in [2.75, 3.05) is 13.1 Å². The van der Waals surface area contributed by atoms with Crippen LogP contribution in [0.2, 0.25) is 0 Å². The Morgan fingerprint density at radius 3 is 2.33 bits per heavy atom. The molecule has 0 radical (unpaired) electrons. The van der Waals surface area contributed by atoms with E-state index in [2.05, 4.69) is 10.6 Å². The van der Waals surface area contributed by atoms with Crippen molar-refractivity contribution >= 4 is 33.0 Å². The average molecular weight is 409 g/mol. The predicted molar refractivity (Wildman–Crippen MR) is 106 cm³/mol. The van der Waals surface area contributed by atoms with Crippen molar-refractivity contribution in [2.24, 2.45) is 0 Å². The molecule has 0 unspecified atom stereocenters. The minimum Gasteiger partial charge on any atom is -0.348 e. The summed E-state index contributed by atoms with van der Waals surface area (Å²) in [6.45, 7) is 4.10. The van der Waals surface area contributed by atoms with Gasteiger partial charge in [-0.2, -0.15) is 0 Å². The Morgan fingerprint density at radius 2 is 1.74 bits per heavy atom. The smallest absolute Gasteiger partial charge is 0.309 e. The van der Waals surface area contributed by atoms with E-state index in [1.165, 1.54) is 11.3 Å². The number of hydrogen-bond donors (Lipinski definition) is 2. The molecule has 0 aliphatic heterocycles. The second-order valence-electron chi connectivity index (χ2n) is 6.18. The molecule has 2 rings (SSSR count). The largest absolute Gasteiger partial charge is 0.348 e. The van der Waals surface area contributed by atoms with E-state index in [0.717, 1.165) is 18.4 Å². The number of benzene rings is 1. The highest BCUT2D eigenvalue weighted by Crippen LogP contribution is 2.31. The van der Waals surface area contributed by atoms with Crippen molar-refractivity contribution in [3.63, 3.8) is 0 Å². The molecule has 0 saturated carbocycles. The van der Waals surface area contributed by atoms with Crippen LogP contribution in [-0.2, 0) is 19.4 Å². The zero-order chi connectivity index (χ0) is 19.9. The molecule has 0 aliphatic rings. The first-order valence-corrected chi connectivity index (χ1v) is 11.2. The van der Waals surface area contributed by atoms with E-state index in [9.17, 15) is 18.0 Å². The third kappa shape index (κ3) is 5.64. The number of carbonyl (C=O) groups excluding carboxylic acids is 2. The Balaban J connectivity index is 2.15. The van der Waals surface area contributed by atoms with Crippen LogP contribution in [0.1, 0.15) is 35.5 Å². The van der Waals surface area contributed by atoms with Gasteiger partial charge in [-0.3, -0.25) is 9.59 Å². The van der Waals surface area contributed by atoms with Crippen LogP contribution in [0.15, 0.2) is 46.7 Å². The molecule has 0 bridgehead atoms. The van der Waals surface area contributed by atoms with Gasteiger partial charge >= 0.3 is 11.8 Å². The summed E-state index contributed by atoms with van der Waals surface area (Å²) in [5.74, 6) is -1.58. The first-order valence-electron chi connectivity index (χ1n) is 8.76. The Hall–Kier alpha value is -2.19. The van der Waals surface area contributed by atoms with Crippen LogP contribution in [0.3, 0.4) is 0 Å². The van der Waals surface area contributed by atoms with Crippen LogP contribution in [0, 0.1) is 6.92 Å². The van der Waals surface area contributed by atoms with Gasteiger partial charge in [-0.25, -0.2) is 8.42 Å². The molecule has 2 amide bonds. The monoisotopic (exact) mass is 408 g/mol. The second kappa shape index (κ2) is 9.66. The maximum Gasteiger partial charge on any atom is 0.309 e. The standard InChI is InChI=1S/C19H24N2O4S2/c1-3-4-11-20-18(22)19(23)21-13-17(16-6-5-12-26-16)27(24,25)15-9-7-14(2)8-10-15/h5-10,12,17H,3-4,11,13H2,1-2H3,(H,20,22)(H,21,23)/t17-/m1/s1. The van der Waals surface area contributed by atoms with Gasteiger partial charge in [0.2, 0.25) is 0 Å². The van der Waals surface area contributed by atoms with Crippen molar-refractivity contribution in [3.05, 3.63) is 52.2 Å². The Bertz CT molecular complexity index is 860. The van der Waals surface area contributed by atoms with Gasteiger partial charge < -0.3 is 10.6 Å². The van der Waals surface area contributed by atoms with Gasteiger partial charge in [-0.15, -0.1) is 11.3 Å². The number of amides is 2. The lowest BCUT2D eigenvalue weighted by molar-refractivity contribution is -0.139. The molecule has 1 heterocycles. The summed E-state index contributed by atoms with van der Waals surface area (Å²) in [7, 11) is -3.72. The van der Waals surface area contributed by atoms with Gasteiger partial charge in [0.25, 0.3) is 0 Å². The molecular weight excluding hydrogens is 384 g/mol. The van der Waals surface area contributed by atoms with Crippen LogP contribution in [0.4, 0.5) is 0 Å². The van der Waals surface area contributed by atoms with Crippen molar-refractivity contribution < 1.29 is 18.0 Å². The van der Waals surface area contributed by atoms with Gasteiger partial charge in [-0.05, 0) is 36.9 Å².